The van der Waals surface area contributed by atoms with Gasteiger partial charge >= 0.3 is 6.03 Å². The largest absolute Gasteiger partial charge is 0.335 e. The topological polar surface area (TPSA) is 66.5 Å². The molecule has 1 saturated carbocycles. The zero-order valence-corrected chi connectivity index (χ0v) is 13.5. The highest BCUT2D eigenvalue weighted by molar-refractivity contribution is 14.1. The third kappa shape index (κ3) is 2.68. The van der Waals surface area contributed by atoms with Crippen molar-refractivity contribution in [2.75, 3.05) is 4.90 Å². The summed E-state index contributed by atoms with van der Waals surface area (Å²) in [6, 6.07) is 6.50. The van der Waals surface area contributed by atoms with E-state index in [9.17, 15) is 14.4 Å². The Kier molecular flexibility index (Phi) is 3.97. The molecule has 1 N–H and O–H groups in total. The number of halogens is 1. The van der Waals surface area contributed by atoms with E-state index < -0.39 is 23.8 Å². The maximum absolute atomic E-state index is 12.7. The number of nitrogens with one attached hydrogen (secondary N) is 1. The molecule has 0 spiro atoms. The number of benzene rings is 1. The number of hydrogen-bond acceptors (Lipinski definition) is 3. The maximum atomic E-state index is 12.7. The van der Waals surface area contributed by atoms with E-state index in [1.54, 1.807) is 18.2 Å². The molecule has 3 rings (SSSR count). The van der Waals surface area contributed by atoms with Crippen molar-refractivity contribution in [3.63, 3.8) is 0 Å². The van der Waals surface area contributed by atoms with E-state index >= 15 is 0 Å². The van der Waals surface area contributed by atoms with Crippen LogP contribution >= 0.6 is 22.6 Å². The molecule has 1 aromatic carbocycles. The number of rotatable bonds is 2. The summed E-state index contributed by atoms with van der Waals surface area (Å²) in [4.78, 5) is 37.9. The summed E-state index contributed by atoms with van der Waals surface area (Å²) in [6.45, 7) is 0. The van der Waals surface area contributed by atoms with Gasteiger partial charge in [-0.1, -0.05) is 18.9 Å². The van der Waals surface area contributed by atoms with Crippen molar-refractivity contribution >= 4 is 46.1 Å². The normalized spacial score (nSPS) is 23.6. The first-order valence-corrected chi connectivity index (χ1v) is 8.10. The monoisotopic (exact) mass is 398 g/mol. The fourth-order valence-corrected chi connectivity index (χ4v) is 3.68. The van der Waals surface area contributed by atoms with Crippen LogP contribution < -0.4 is 10.2 Å². The number of barbiturate groups is 1. The maximum Gasteiger partial charge on any atom is 0.335 e. The van der Waals surface area contributed by atoms with Gasteiger partial charge in [0.25, 0.3) is 0 Å². The van der Waals surface area contributed by atoms with Gasteiger partial charge in [-0.05, 0) is 59.5 Å². The van der Waals surface area contributed by atoms with Crippen LogP contribution in [-0.4, -0.2) is 17.8 Å². The lowest BCUT2D eigenvalue weighted by atomic mass is 9.87. The van der Waals surface area contributed by atoms with Gasteiger partial charge in [-0.15, -0.1) is 0 Å². The number of imide groups is 2. The standard InChI is InChI=1S/C15H15IN2O3/c16-10-6-3-7-11(8-10)18-14(20)12(9-4-1-2-5-9)13(19)17-15(18)21/h3,6-9,12H,1-2,4-5H2,(H,17,19,21). The highest BCUT2D eigenvalue weighted by Crippen LogP contribution is 2.35. The van der Waals surface area contributed by atoms with Crippen molar-refractivity contribution in [2.45, 2.75) is 25.7 Å². The third-order valence-electron chi connectivity index (χ3n) is 4.14. The van der Waals surface area contributed by atoms with Gasteiger partial charge in [0.2, 0.25) is 11.8 Å². The molecule has 5 nitrogen and oxygen atoms in total. The number of nitrogens with zero attached hydrogens (tertiary/aromatic N) is 1. The first kappa shape index (κ1) is 14.5. The van der Waals surface area contributed by atoms with Crippen molar-refractivity contribution in [1.82, 2.24) is 5.32 Å². The van der Waals surface area contributed by atoms with Gasteiger partial charge in [0, 0.05) is 3.57 Å². The van der Waals surface area contributed by atoms with Gasteiger partial charge in [0.1, 0.15) is 5.92 Å². The molecule has 0 bridgehead atoms. The Bertz CT molecular complexity index is 611. The summed E-state index contributed by atoms with van der Waals surface area (Å²) in [7, 11) is 0. The van der Waals surface area contributed by atoms with Gasteiger partial charge in [0.15, 0.2) is 0 Å². The molecule has 0 aromatic heterocycles. The smallest absolute Gasteiger partial charge is 0.277 e. The van der Waals surface area contributed by atoms with Crippen LogP contribution in [0.1, 0.15) is 25.7 Å². The van der Waals surface area contributed by atoms with Crippen molar-refractivity contribution in [2.24, 2.45) is 11.8 Å². The summed E-state index contributed by atoms with van der Waals surface area (Å²) >= 11 is 2.13. The van der Waals surface area contributed by atoms with Gasteiger partial charge in [-0.25, -0.2) is 9.69 Å². The average molecular weight is 398 g/mol. The van der Waals surface area contributed by atoms with Crippen LogP contribution in [0.15, 0.2) is 24.3 Å². The van der Waals surface area contributed by atoms with Gasteiger partial charge in [-0.2, -0.15) is 0 Å². The fraction of sp³-hybridized carbons (Fsp3) is 0.400. The first-order chi connectivity index (χ1) is 10.1. The van der Waals surface area contributed by atoms with Crippen LogP contribution in [0.3, 0.4) is 0 Å². The van der Waals surface area contributed by atoms with Crippen LogP contribution in [0.5, 0.6) is 0 Å². The summed E-state index contributed by atoms with van der Waals surface area (Å²) in [6.07, 6.45) is 3.83. The first-order valence-electron chi connectivity index (χ1n) is 7.02. The van der Waals surface area contributed by atoms with E-state index in [1.807, 2.05) is 6.07 Å². The van der Waals surface area contributed by atoms with E-state index in [-0.39, 0.29) is 5.92 Å². The molecule has 21 heavy (non-hydrogen) atoms. The number of anilines is 1. The van der Waals surface area contributed by atoms with Crippen LogP contribution in [0.2, 0.25) is 0 Å². The predicted octanol–water partition coefficient (Wildman–Crippen LogP) is 2.68. The highest BCUT2D eigenvalue weighted by atomic mass is 127. The number of carbonyl (C=O) groups is 3. The molecule has 110 valence electrons. The minimum absolute atomic E-state index is 0.0517. The molecular formula is C15H15IN2O3. The lowest BCUT2D eigenvalue weighted by Crippen LogP contribution is -2.59. The van der Waals surface area contributed by atoms with Crippen LogP contribution in [0.4, 0.5) is 10.5 Å². The Morgan fingerprint density at radius 3 is 2.52 bits per heavy atom. The van der Waals surface area contributed by atoms with E-state index in [4.69, 9.17) is 0 Å². The minimum atomic E-state index is -0.733. The molecule has 1 saturated heterocycles. The molecule has 1 unspecified atom stereocenters. The number of urea groups is 1. The van der Waals surface area contributed by atoms with Crippen molar-refractivity contribution in [3.05, 3.63) is 27.8 Å². The Hall–Kier alpha value is -1.44. The van der Waals surface area contributed by atoms with Gasteiger partial charge in [0.05, 0.1) is 5.69 Å². The molecule has 1 heterocycles. The zero-order chi connectivity index (χ0) is 15.0. The second kappa shape index (κ2) is 5.75. The summed E-state index contributed by atoms with van der Waals surface area (Å²) in [5.74, 6) is -1.52. The van der Waals surface area contributed by atoms with Crippen LogP contribution in [0, 0.1) is 15.4 Å². The number of hydrogen-bond donors (Lipinski definition) is 1. The second-order valence-corrected chi connectivity index (χ2v) is 6.72. The molecule has 2 fully saturated rings. The van der Waals surface area contributed by atoms with Crippen molar-refractivity contribution in [1.29, 1.82) is 0 Å². The Balaban J connectivity index is 1.94. The number of carbonyl (C=O) groups excluding carboxylic acids is 3. The van der Waals surface area contributed by atoms with Crippen molar-refractivity contribution in [3.8, 4) is 0 Å². The minimum Gasteiger partial charge on any atom is -0.277 e. The average Bonchev–Trinajstić information content (AvgIpc) is 2.92. The SMILES string of the molecule is O=C1NC(=O)N(c2cccc(I)c2)C(=O)C1C1CCCC1. The molecule has 2 aliphatic rings. The van der Waals surface area contributed by atoms with Crippen LogP contribution in [-0.2, 0) is 9.59 Å². The Morgan fingerprint density at radius 1 is 1.14 bits per heavy atom. The Labute approximate surface area is 136 Å². The fourth-order valence-electron chi connectivity index (χ4n) is 3.16. The highest BCUT2D eigenvalue weighted by Gasteiger charge is 2.45. The second-order valence-electron chi connectivity index (χ2n) is 5.47. The Morgan fingerprint density at radius 2 is 1.86 bits per heavy atom. The molecule has 0 radical (unpaired) electrons. The van der Waals surface area contributed by atoms with E-state index in [2.05, 4.69) is 27.9 Å². The summed E-state index contributed by atoms with van der Waals surface area (Å²) in [5, 5.41) is 2.33. The predicted molar refractivity (Wildman–Crippen MR) is 85.6 cm³/mol. The zero-order valence-electron chi connectivity index (χ0n) is 11.3. The summed E-state index contributed by atoms with van der Waals surface area (Å²) in [5.41, 5.74) is 0.514. The number of amides is 4. The molecule has 1 aliphatic carbocycles. The molecule has 1 aromatic rings. The quantitative estimate of drug-likeness (QED) is 0.616. The lowest BCUT2D eigenvalue weighted by molar-refractivity contribution is -0.136. The molecule has 4 amide bonds. The van der Waals surface area contributed by atoms with E-state index in [0.717, 1.165) is 34.2 Å². The van der Waals surface area contributed by atoms with E-state index in [1.165, 1.54) is 0 Å². The summed E-state index contributed by atoms with van der Waals surface area (Å²) < 4.78 is 0.931. The van der Waals surface area contributed by atoms with E-state index in [0.29, 0.717) is 5.69 Å². The van der Waals surface area contributed by atoms with Gasteiger partial charge in [-0.3, -0.25) is 14.9 Å². The van der Waals surface area contributed by atoms with Gasteiger partial charge < -0.3 is 0 Å². The lowest BCUT2D eigenvalue weighted by Gasteiger charge is -2.32. The van der Waals surface area contributed by atoms with Crippen LogP contribution in [0.25, 0.3) is 0 Å². The molecule has 6 heteroatoms. The molecule has 1 atom stereocenters. The van der Waals surface area contributed by atoms with Crippen molar-refractivity contribution < 1.29 is 14.4 Å². The molecular weight excluding hydrogens is 383 g/mol. The third-order valence-corrected chi connectivity index (χ3v) is 4.81. The molecule has 1 aliphatic heterocycles.